The average Bonchev–Trinajstić information content (AvgIpc) is 3.09. The Labute approximate surface area is 263 Å². The molecule has 46 heavy (non-hydrogen) atoms. The van der Waals surface area contributed by atoms with Crippen LogP contribution in [-0.2, 0) is 45.1 Å². The molecule has 0 saturated heterocycles. The quantitative estimate of drug-likeness (QED) is 0.249. The average molecular weight is 627 g/mol. The highest BCUT2D eigenvalue weighted by Gasteiger charge is 2.19. The van der Waals surface area contributed by atoms with Gasteiger partial charge in [0.05, 0.1) is 96.2 Å². The Morgan fingerprint density at radius 3 is 0.848 bits per heavy atom. The number of nitrogens with one attached hydrogen (secondary N) is 2. The number of methoxy groups -OCH3 is 4. The first kappa shape index (κ1) is 31.8. The summed E-state index contributed by atoms with van der Waals surface area (Å²) in [6, 6.07) is 12.5. The Balaban J connectivity index is 1.66. The zero-order valence-corrected chi connectivity index (χ0v) is 25.5. The van der Waals surface area contributed by atoms with Gasteiger partial charge in [-0.2, -0.15) is 0 Å². The van der Waals surface area contributed by atoms with E-state index >= 15 is 0 Å². The summed E-state index contributed by atoms with van der Waals surface area (Å²) in [6.45, 7) is 0.733. The lowest BCUT2D eigenvalue weighted by Crippen LogP contribution is -2.18. The molecule has 1 aliphatic heterocycles. The molecule has 5 rings (SSSR count). The first-order valence-corrected chi connectivity index (χ1v) is 14.0. The third kappa shape index (κ3) is 7.20. The monoisotopic (exact) mass is 626 g/mol. The minimum absolute atomic E-state index is 0.183. The molecule has 4 aromatic rings. The normalized spacial score (nSPS) is 12.6. The lowest BCUT2D eigenvalue weighted by molar-refractivity contribution is 0.0591. The fraction of sp³-hybridized carbons (Fsp3) is 0.250. The van der Waals surface area contributed by atoms with Crippen LogP contribution in [0.4, 0.5) is 0 Å². The second-order valence-electron chi connectivity index (χ2n) is 10.1. The summed E-state index contributed by atoms with van der Waals surface area (Å²) in [5.41, 5.74) is 4.19. The van der Waals surface area contributed by atoms with Crippen molar-refractivity contribution in [1.82, 2.24) is 30.6 Å². The second kappa shape index (κ2) is 14.0. The Bertz CT molecular complexity index is 1580. The summed E-state index contributed by atoms with van der Waals surface area (Å²) in [6.07, 6.45) is 0. The summed E-state index contributed by atoms with van der Waals surface area (Å²) < 4.78 is 19.8. The number of pyridine rings is 4. The molecule has 0 radical (unpaired) electrons. The van der Waals surface area contributed by atoms with E-state index in [1.165, 1.54) is 52.7 Å². The summed E-state index contributed by atoms with van der Waals surface area (Å²) >= 11 is 0. The maximum absolute atomic E-state index is 12.6. The number of carbonyl (C=O) groups excluding carboxylic acids is 4. The van der Waals surface area contributed by atoms with Crippen molar-refractivity contribution in [3.8, 4) is 22.8 Å². The molecule has 4 aromatic heterocycles. The Hall–Kier alpha value is -5.60. The maximum Gasteiger partial charge on any atom is 0.337 e. The summed E-state index contributed by atoms with van der Waals surface area (Å²) in [5, 5.41) is 6.48. The smallest absolute Gasteiger partial charge is 0.337 e. The predicted molar refractivity (Wildman–Crippen MR) is 161 cm³/mol. The molecule has 236 valence electrons. The van der Waals surface area contributed by atoms with Crippen molar-refractivity contribution >= 4 is 23.9 Å². The van der Waals surface area contributed by atoms with E-state index in [-0.39, 0.29) is 48.4 Å². The molecule has 2 N–H and O–H groups in total. The van der Waals surface area contributed by atoms with Crippen molar-refractivity contribution in [2.45, 2.75) is 26.2 Å². The molecule has 14 nitrogen and oxygen atoms in total. The van der Waals surface area contributed by atoms with Crippen molar-refractivity contribution in [2.75, 3.05) is 28.4 Å². The van der Waals surface area contributed by atoms with E-state index < -0.39 is 23.9 Å². The largest absolute Gasteiger partial charge is 0.465 e. The van der Waals surface area contributed by atoms with E-state index in [9.17, 15) is 19.2 Å². The fourth-order valence-corrected chi connectivity index (χ4v) is 4.82. The molecule has 0 aliphatic carbocycles. The van der Waals surface area contributed by atoms with Gasteiger partial charge in [-0.05, 0) is 48.5 Å². The second-order valence-corrected chi connectivity index (χ2v) is 10.1. The number of hydrogen-bond donors (Lipinski definition) is 2. The van der Waals surface area contributed by atoms with Crippen LogP contribution in [0.1, 0.15) is 64.2 Å². The highest BCUT2D eigenvalue weighted by atomic mass is 16.5. The molecule has 0 atom stereocenters. The Kier molecular flexibility index (Phi) is 9.69. The molecule has 1 aliphatic rings. The minimum atomic E-state index is -0.574. The van der Waals surface area contributed by atoms with Crippen molar-refractivity contribution in [1.29, 1.82) is 0 Å². The maximum atomic E-state index is 12.6. The van der Waals surface area contributed by atoms with Crippen LogP contribution in [0.25, 0.3) is 22.8 Å². The summed E-state index contributed by atoms with van der Waals surface area (Å²) in [5.74, 6) is -2.30. The van der Waals surface area contributed by atoms with Crippen LogP contribution in [0.2, 0.25) is 0 Å². The number of esters is 4. The molecule has 8 bridgehead atoms. The van der Waals surface area contributed by atoms with Gasteiger partial charge < -0.3 is 29.6 Å². The van der Waals surface area contributed by atoms with Crippen LogP contribution in [0, 0.1) is 0 Å². The van der Waals surface area contributed by atoms with Crippen molar-refractivity contribution in [2.24, 2.45) is 0 Å². The molecule has 5 heterocycles. The van der Waals surface area contributed by atoms with E-state index in [0.717, 1.165) is 0 Å². The van der Waals surface area contributed by atoms with Gasteiger partial charge >= 0.3 is 23.9 Å². The van der Waals surface area contributed by atoms with Crippen molar-refractivity contribution < 1.29 is 38.1 Å². The van der Waals surface area contributed by atoms with Gasteiger partial charge in [-0.25, -0.2) is 39.1 Å². The molecular formula is C32H30N6O8. The number of rotatable bonds is 4. The molecule has 0 saturated carbocycles. The van der Waals surface area contributed by atoms with Gasteiger partial charge in [-0.1, -0.05) is 0 Å². The van der Waals surface area contributed by atoms with Gasteiger partial charge in [0.2, 0.25) is 0 Å². The van der Waals surface area contributed by atoms with E-state index in [1.54, 1.807) is 24.3 Å². The van der Waals surface area contributed by atoms with Gasteiger partial charge in [0.15, 0.2) is 0 Å². The molecule has 0 fully saturated rings. The van der Waals surface area contributed by atoms with Crippen molar-refractivity contribution in [3.05, 3.63) is 93.6 Å². The standard InChI is InChI=1S/C32H30N6O8/c1-43-29(39)17-5-21-13-33-14-23-7-19(31(41)45-3)11-27(37-23)28-12-20(32(42)46-4)8-24(38-28)16-34-15-22-6-18(30(40)44-2)10-26(36-22)25(9-17)35-21/h5-12,33-34H,13-16H2,1-4H3. The van der Waals surface area contributed by atoms with Crippen LogP contribution in [0.15, 0.2) is 48.5 Å². The molecule has 0 amide bonds. The number of carbonyl (C=O) groups is 4. The molecule has 0 unspecified atom stereocenters. The third-order valence-electron chi connectivity index (χ3n) is 6.95. The number of nitrogens with zero attached hydrogens (tertiary/aromatic N) is 4. The van der Waals surface area contributed by atoms with Gasteiger partial charge in [0.25, 0.3) is 0 Å². The first-order chi connectivity index (χ1) is 22.2. The van der Waals surface area contributed by atoms with Gasteiger partial charge in [-0.15, -0.1) is 0 Å². The Morgan fingerprint density at radius 1 is 0.435 bits per heavy atom. The van der Waals surface area contributed by atoms with E-state index in [2.05, 4.69) is 10.6 Å². The van der Waals surface area contributed by atoms with E-state index in [0.29, 0.717) is 45.6 Å². The van der Waals surface area contributed by atoms with Crippen LogP contribution in [-0.4, -0.2) is 72.3 Å². The zero-order chi connectivity index (χ0) is 32.8. The van der Waals surface area contributed by atoms with Crippen LogP contribution < -0.4 is 10.6 Å². The van der Waals surface area contributed by atoms with Crippen LogP contribution >= 0.6 is 0 Å². The first-order valence-electron chi connectivity index (χ1n) is 14.0. The van der Waals surface area contributed by atoms with Crippen LogP contribution in [0.5, 0.6) is 0 Å². The lowest BCUT2D eigenvalue weighted by atomic mass is 10.1. The highest BCUT2D eigenvalue weighted by molar-refractivity contribution is 5.93. The highest BCUT2D eigenvalue weighted by Crippen LogP contribution is 2.24. The lowest BCUT2D eigenvalue weighted by Gasteiger charge is -2.14. The van der Waals surface area contributed by atoms with E-state index in [4.69, 9.17) is 38.9 Å². The fourth-order valence-electron chi connectivity index (χ4n) is 4.82. The minimum Gasteiger partial charge on any atom is -0.465 e. The topological polar surface area (TPSA) is 181 Å². The molecular weight excluding hydrogens is 596 g/mol. The molecule has 0 aromatic carbocycles. The summed E-state index contributed by atoms with van der Waals surface area (Å²) in [7, 11) is 5.11. The van der Waals surface area contributed by atoms with Crippen molar-refractivity contribution in [3.63, 3.8) is 0 Å². The molecule has 14 heteroatoms. The molecule has 0 spiro atoms. The number of ether oxygens (including phenoxy) is 4. The van der Waals surface area contributed by atoms with E-state index in [1.807, 2.05) is 0 Å². The third-order valence-corrected chi connectivity index (χ3v) is 6.95. The summed E-state index contributed by atoms with van der Waals surface area (Å²) in [4.78, 5) is 69.1. The number of hydrogen-bond acceptors (Lipinski definition) is 14. The zero-order valence-electron chi connectivity index (χ0n) is 25.5. The van der Waals surface area contributed by atoms with Gasteiger partial charge in [-0.3, -0.25) is 0 Å². The number of fused-ring (bicyclic) bond motifs is 10. The SMILES string of the molecule is COC(=O)c1cc2nc(c1)-c1cc(C(=O)OC)cc(n1)CNCc1cc(C(=O)OC)cc(n1)-c1cc(C(=O)OC)cc(n1)CNC2. The Morgan fingerprint density at radius 2 is 0.652 bits per heavy atom. The van der Waals surface area contributed by atoms with Crippen LogP contribution in [0.3, 0.4) is 0 Å². The predicted octanol–water partition coefficient (Wildman–Crippen LogP) is 2.64. The number of aromatic nitrogens is 4. The van der Waals surface area contributed by atoms with Gasteiger partial charge in [0, 0.05) is 26.2 Å². The van der Waals surface area contributed by atoms with Gasteiger partial charge in [0.1, 0.15) is 0 Å².